The number of hydrogen-bond donors (Lipinski definition) is 2. The fourth-order valence-electron chi connectivity index (χ4n) is 3.21. The average molecular weight is 347 g/mol. The summed E-state index contributed by atoms with van der Waals surface area (Å²) in [6.45, 7) is 1.39. The van der Waals surface area contributed by atoms with Gasteiger partial charge < -0.3 is 15.4 Å². The van der Waals surface area contributed by atoms with Gasteiger partial charge in [0.1, 0.15) is 11.6 Å². The van der Waals surface area contributed by atoms with Crippen molar-refractivity contribution in [3.63, 3.8) is 0 Å². The molecule has 0 saturated heterocycles. The number of anilines is 1. The molecule has 2 aromatic rings. The third kappa shape index (κ3) is 2.74. The molecule has 0 bridgehead atoms. The van der Waals surface area contributed by atoms with Crippen LogP contribution in [0.25, 0.3) is 0 Å². The minimum Gasteiger partial charge on any atom is -0.480 e. The van der Waals surface area contributed by atoms with E-state index in [0.29, 0.717) is 35.7 Å². The van der Waals surface area contributed by atoms with Crippen molar-refractivity contribution >= 4 is 23.2 Å². The predicted octanol–water partition coefficient (Wildman–Crippen LogP) is 3.07. The maximum Gasteiger partial charge on any atom is 0.265 e. The van der Waals surface area contributed by atoms with Crippen LogP contribution >= 0.6 is 11.6 Å². The zero-order chi connectivity index (χ0) is 16.7. The summed E-state index contributed by atoms with van der Waals surface area (Å²) in [5.41, 5.74) is 2.71. The molecular weight excluding hydrogens is 331 g/mol. The Labute approximate surface area is 144 Å². The maximum absolute atomic E-state index is 14.6. The van der Waals surface area contributed by atoms with Crippen LogP contribution in [0, 0.1) is 5.82 Å². The molecular formula is C18H16ClFN2O2. The number of carbonyl (C=O) groups is 1. The molecule has 1 unspecified atom stereocenters. The highest BCUT2D eigenvalue weighted by molar-refractivity contribution is 6.30. The zero-order valence-corrected chi connectivity index (χ0v) is 13.6. The van der Waals surface area contributed by atoms with Gasteiger partial charge in [-0.05, 0) is 53.9 Å². The van der Waals surface area contributed by atoms with Gasteiger partial charge in [0, 0.05) is 18.0 Å². The fourth-order valence-corrected chi connectivity index (χ4v) is 3.40. The van der Waals surface area contributed by atoms with Crippen molar-refractivity contribution < 1.29 is 13.9 Å². The number of rotatable bonds is 2. The Morgan fingerprint density at radius 2 is 2.17 bits per heavy atom. The van der Waals surface area contributed by atoms with Crippen LogP contribution in [0.2, 0.25) is 5.02 Å². The second-order valence-electron chi connectivity index (χ2n) is 6.04. The average Bonchev–Trinajstić information content (AvgIpc) is 3.01. The molecule has 2 aromatic carbocycles. The van der Waals surface area contributed by atoms with Crippen molar-refractivity contribution in [2.75, 3.05) is 11.9 Å². The van der Waals surface area contributed by atoms with Crippen LogP contribution in [0.15, 0.2) is 30.3 Å². The van der Waals surface area contributed by atoms with Gasteiger partial charge in [0.2, 0.25) is 0 Å². The minimum absolute atomic E-state index is 0.207. The number of hydrogen-bond acceptors (Lipinski definition) is 3. The van der Waals surface area contributed by atoms with E-state index in [1.54, 1.807) is 24.3 Å². The molecule has 0 radical (unpaired) electrons. The topological polar surface area (TPSA) is 50.4 Å². The smallest absolute Gasteiger partial charge is 0.265 e. The van der Waals surface area contributed by atoms with Crippen LogP contribution in [0.4, 0.5) is 10.1 Å². The molecule has 0 spiro atoms. The molecule has 0 fully saturated rings. The van der Waals surface area contributed by atoms with Crippen LogP contribution in [0.5, 0.6) is 5.75 Å². The Balaban J connectivity index is 1.51. The first-order valence-corrected chi connectivity index (χ1v) is 8.26. The largest absolute Gasteiger partial charge is 0.480 e. The Hall–Kier alpha value is -2.11. The first-order valence-electron chi connectivity index (χ1n) is 7.89. The Morgan fingerprint density at radius 3 is 3.04 bits per heavy atom. The summed E-state index contributed by atoms with van der Waals surface area (Å²) in [6.07, 6.45) is 0.378. The Bertz CT molecular complexity index is 825. The van der Waals surface area contributed by atoms with Gasteiger partial charge in [-0.2, -0.15) is 0 Å². The Kier molecular flexibility index (Phi) is 3.90. The number of amides is 1. The Morgan fingerprint density at radius 1 is 1.29 bits per heavy atom. The third-order valence-corrected chi connectivity index (χ3v) is 4.69. The number of carbonyl (C=O) groups excluding carboxylic acids is 1. The van der Waals surface area contributed by atoms with Gasteiger partial charge in [0.15, 0.2) is 6.10 Å². The van der Waals surface area contributed by atoms with E-state index in [2.05, 4.69) is 10.6 Å². The van der Waals surface area contributed by atoms with Crippen LogP contribution in [0.3, 0.4) is 0 Å². The van der Waals surface area contributed by atoms with Gasteiger partial charge >= 0.3 is 0 Å². The second kappa shape index (κ2) is 6.07. The van der Waals surface area contributed by atoms with Gasteiger partial charge in [-0.1, -0.05) is 17.7 Å². The van der Waals surface area contributed by atoms with E-state index >= 15 is 0 Å². The molecule has 2 aliphatic rings. The lowest BCUT2D eigenvalue weighted by atomic mass is 9.99. The molecule has 24 heavy (non-hydrogen) atoms. The van der Waals surface area contributed by atoms with E-state index in [4.69, 9.17) is 16.3 Å². The fraction of sp³-hybridized carbons (Fsp3) is 0.278. The quantitative estimate of drug-likeness (QED) is 0.878. The summed E-state index contributed by atoms with van der Waals surface area (Å²) in [5, 5.41) is 6.47. The highest BCUT2D eigenvalue weighted by atomic mass is 35.5. The summed E-state index contributed by atoms with van der Waals surface area (Å²) >= 11 is 5.96. The van der Waals surface area contributed by atoms with E-state index in [1.807, 2.05) is 6.07 Å². The van der Waals surface area contributed by atoms with Crippen LogP contribution in [0.1, 0.15) is 16.7 Å². The highest BCUT2D eigenvalue weighted by Gasteiger charge is 2.30. The zero-order valence-electron chi connectivity index (χ0n) is 12.9. The van der Waals surface area contributed by atoms with Crippen LogP contribution in [-0.4, -0.2) is 18.6 Å². The summed E-state index contributed by atoms with van der Waals surface area (Å²) in [7, 11) is 0. The number of ether oxygens (including phenoxy) is 1. The molecule has 0 saturated carbocycles. The molecule has 6 heteroatoms. The van der Waals surface area contributed by atoms with Crippen molar-refractivity contribution in [2.24, 2.45) is 0 Å². The van der Waals surface area contributed by atoms with Gasteiger partial charge in [0.05, 0.1) is 5.69 Å². The standard InChI is InChI=1S/C18H16ClFN2O2/c19-12-2-4-15-11(7-12)8-16(24-15)18(23)22-14-3-1-10-9-21-6-5-13(10)17(14)20/h1-4,7,16,21H,5-6,8-9H2,(H,22,23). The molecule has 0 aliphatic carbocycles. The van der Waals surface area contributed by atoms with Gasteiger partial charge in [-0.3, -0.25) is 4.79 Å². The molecule has 1 amide bonds. The first-order chi connectivity index (χ1) is 11.6. The molecule has 4 nitrogen and oxygen atoms in total. The van der Waals surface area contributed by atoms with Crippen molar-refractivity contribution in [2.45, 2.75) is 25.5 Å². The van der Waals surface area contributed by atoms with Gasteiger partial charge in [0.25, 0.3) is 5.91 Å². The third-order valence-electron chi connectivity index (χ3n) is 4.45. The predicted molar refractivity (Wildman–Crippen MR) is 90.0 cm³/mol. The summed E-state index contributed by atoms with van der Waals surface area (Å²) in [5.74, 6) is -0.0486. The van der Waals surface area contributed by atoms with E-state index in [-0.39, 0.29) is 17.4 Å². The van der Waals surface area contributed by atoms with Crippen molar-refractivity contribution in [3.8, 4) is 5.75 Å². The van der Waals surface area contributed by atoms with Gasteiger partial charge in [-0.25, -0.2) is 4.39 Å². The lowest BCUT2D eigenvalue weighted by Gasteiger charge is -2.20. The number of nitrogens with one attached hydrogen (secondary N) is 2. The van der Waals surface area contributed by atoms with Gasteiger partial charge in [-0.15, -0.1) is 0 Å². The number of halogens is 2. The lowest BCUT2D eigenvalue weighted by molar-refractivity contribution is -0.122. The minimum atomic E-state index is -0.671. The molecule has 2 aliphatic heterocycles. The second-order valence-corrected chi connectivity index (χ2v) is 6.48. The van der Waals surface area contributed by atoms with Crippen molar-refractivity contribution in [1.82, 2.24) is 5.32 Å². The van der Waals surface area contributed by atoms with Crippen molar-refractivity contribution in [1.29, 1.82) is 0 Å². The number of benzene rings is 2. The molecule has 0 aromatic heterocycles. The summed E-state index contributed by atoms with van der Waals surface area (Å²) < 4.78 is 20.3. The lowest BCUT2D eigenvalue weighted by Crippen LogP contribution is -2.32. The highest BCUT2D eigenvalue weighted by Crippen LogP contribution is 2.32. The number of fused-ring (bicyclic) bond motifs is 2. The molecule has 2 heterocycles. The van der Waals surface area contributed by atoms with Crippen LogP contribution < -0.4 is 15.4 Å². The molecule has 2 N–H and O–H groups in total. The first kappa shape index (κ1) is 15.4. The normalized spacial score (nSPS) is 18.5. The van der Waals surface area contributed by atoms with E-state index in [9.17, 15) is 9.18 Å². The SMILES string of the molecule is O=C(Nc1ccc2c(c1F)CCNC2)C1Cc2cc(Cl)ccc2O1. The van der Waals surface area contributed by atoms with E-state index in [0.717, 1.165) is 17.7 Å². The summed E-state index contributed by atoms with van der Waals surface area (Å²) in [4.78, 5) is 12.4. The molecule has 4 rings (SSSR count). The molecule has 1 atom stereocenters. The van der Waals surface area contributed by atoms with Crippen LogP contribution in [-0.2, 0) is 24.2 Å². The summed E-state index contributed by atoms with van der Waals surface area (Å²) in [6, 6.07) is 8.72. The van der Waals surface area contributed by atoms with E-state index < -0.39 is 6.10 Å². The van der Waals surface area contributed by atoms with Crippen molar-refractivity contribution in [3.05, 3.63) is 57.9 Å². The molecule has 124 valence electrons. The maximum atomic E-state index is 14.6. The van der Waals surface area contributed by atoms with E-state index in [1.165, 1.54) is 0 Å². The monoisotopic (exact) mass is 346 g/mol.